The van der Waals surface area contributed by atoms with Gasteiger partial charge >= 0.3 is 11.9 Å². The zero-order valence-electron chi connectivity index (χ0n) is 33.8. The maximum absolute atomic E-state index is 13.1. The van der Waals surface area contributed by atoms with Crippen LogP contribution in [0.1, 0.15) is 74.6 Å². The highest BCUT2D eigenvalue weighted by atomic mass is 19.4. The molecule has 320 valence electrons. The molecule has 8 rings (SSSR count). The standard InChI is InChI=1S/C43H52F3N9O5/c1-51-37-23-29(5-12-35(37)55(42(51)59)36-13-14-38(57)49-40(36)58)27-60-22-2-17-52-18-20-53(21-19-52)25-28-3-6-30(7-4-28)34-26-54(31-8-10-32(56)11-9-31)39-33(34)24-48-41(50-39)47-16-15-43(44,45)46/h3-7,12,23-24,26,31-32,36,56H,2,8-11,13-22,25,27H2,1H3,(H,47,48,50)(H,49,57,58)/t31-,32-,36-/m0/s1. The highest BCUT2D eigenvalue weighted by molar-refractivity contribution is 6.00. The Bertz CT molecular complexity index is 2380. The highest BCUT2D eigenvalue weighted by Gasteiger charge is 2.32. The van der Waals surface area contributed by atoms with E-state index in [-0.39, 0.29) is 42.7 Å². The van der Waals surface area contributed by atoms with E-state index in [1.165, 1.54) is 14.7 Å². The molecular weight excluding hydrogens is 780 g/mol. The van der Waals surface area contributed by atoms with Gasteiger partial charge < -0.3 is 24.6 Å². The lowest BCUT2D eigenvalue weighted by Crippen LogP contribution is -2.46. The van der Waals surface area contributed by atoms with Gasteiger partial charge in [0.2, 0.25) is 17.8 Å². The minimum absolute atomic E-state index is 0.128. The number of piperazine rings is 1. The lowest BCUT2D eigenvalue weighted by molar-refractivity contribution is -0.136. The van der Waals surface area contributed by atoms with Crippen LogP contribution in [-0.2, 0) is 34.5 Å². The fourth-order valence-corrected chi connectivity index (χ4v) is 8.80. The Labute approximate surface area is 345 Å². The van der Waals surface area contributed by atoms with Gasteiger partial charge in [0.1, 0.15) is 11.7 Å². The topological polar surface area (TPSA) is 152 Å². The quantitative estimate of drug-likeness (QED) is 0.0995. The smallest absolute Gasteiger partial charge is 0.390 e. The summed E-state index contributed by atoms with van der Waals surface area (Å²) in [4.78, 5) is 51.2. The number of anilines is 1. The predicted octanol–water partition coefficient (Wildman–Crippen LogP) is 5.29. The lowest BCUT2D eigenvalue weighted by Gasteiger charge is -2.34. The van der Waals surface area contributed by atoms with Gasteiger partial charge in [0, 0.05) is 95.3 Å². The number of imidazole rings is 1. The van der Waals surface area contributed by atoms with E-state index < -0.39 is 24.5 Å². The number of alkyl halides is 3. The fourth-order valence-electron chi connectivity index (χ4n) is 8.80. The number of fused-ring (bicyclic) bond motifs is 2. The van der Waals surface area contributed by atoms with Gasteiger partial charge in [0.15, 0.2) is 0 Å². The number of aliphatic hydroxyl groups excluding tert-OH is 1. The Morgan fingerprint density at radius 1 is 0.933 bits per heavy atom. The third-order valence-corrected chi connectivity index (χ3v) is 12.2. The molecular formula is C43H52F3N9O5. The Morgan fingerprint density at radius 3 is 2.40 bits per heavy atom. The Morgan fingerprint density at radius 2 is 1.67 bits per heavy atom. The van der Waals surface area contributed by atoms with Crippen LogP contribution >= 0.6 is 0 Å². The predicted molar refractivity (Wildman–Crippen MR) is 220 cm³/mol. The summed E-state index contributed by atoms with van der Waals surface area (Å²) in [7, 11) is 1.69. The summed E-state index contributed by atoms with van der Waals surface area (Å²) in [6.07, 6.45) is 2.58. The zero-order valence-corrected chi connectivity index (χ0v) is 33.8. The number of nitrogens with zero attached hydrogens (tertiary/aromatic N) is 7. The molecule has 60 heavy (non-hydrogen) atoms. The van der Waals surface area contributed by atoms with Crippen molar-refractivity contribution in [3.63, 3.8) is 0 Å². The van der Waals surface area contributed by atoms with Crippen molar-refractivity contribution < 1.29 is 32.6 Å². The Balaban J connectivity index is 0.810. The molecule has 2 saturated heterocycles. The van der Waals surface area contributed by atoms with Crippen molar-refractivity contribution in [2.45, 2.75) is 88.9 Å². The summed E-state index contributed by atoms with van der Waals surface area (Å²) in [5.74, 6) is -0.599. The van der Waals surface area contributed by atoms with E-state index in [0.717, 1.165) is 80.6 Å². The van der Waals surface area contributed by atoms with Crippen molar-refractivity contribution in [3.8, 4) is 11.1 Å². The summed E-state index contributed by atoms with van der Waals surface area (Å²) in [6.45, 7) is 6.35. The largest absolute Gasteiger partial charge is 0.393 e. The molecule has 3 fully saturated rings. The number of hydrogen-bond donors (Lipinski definition) is 3. The van der Waals surface area contributed by atoms with E-state index in [4.69, 9.17) is 4.74 Å². The molecule has 2 amide bonds. The van der Waals surface area contributed by atoms with Crippen LogP contribution in [0, 0.1) is 0 Å². The van der Waals surface area contributed by atoms with Crippen molar-refractivity contribution in [3.05, 3.63) is 76.5 Å². The molecule has 3 aliphatic rings. The molecule has 0 radical (unpaired) electrons. The number of rotatable bonds is 14. The molecule has 0 bridgehead atoms. The number of aromatic nitrogens is 5. The van der Waals surface area contributed by atoms with Crippen molar-refractivity contribution in [1.29, 1.82) is 0 Å². The molecule has 2 aliphatic heterocycles. The first kappa shape index (κ1) is 41.6. The summed E-state index contributed by atoms with van der Waals surface area (Å²) < 4.78 is 49.5. The number of hydrogen-bond acceptors (Lipinski definition) is 10. The highest BCUT2D eigenvalue weighted by Crippen LogP contribution is 2.37. The summed E-state index contributed by atoms with van der Waals surface area (Å²) in [5, 5.41) is 16.0. The number of halogens is 3. The number of ether oxygens (including phenoxy) is 1. The first-order valence-corrected chi connectivity index (χ1v) is 20.9. The molecule has 2 aromatic carbocycles. The first-order valence-electron chi connectivity index (χ1n) is 20.9. The second-order valence-electron chi connectivity index (χ2n) is 16.4. The Kier molecular flexibility index (Phi) is 12.4. The van der Waals surface area contributed by atoms with E-state index in [9.17, 15) is 32.7 Å². The number of piperidine rings is 1. The fraction of sp³-hybridized carbons (Fsp3) is 0.512. The van der Waals surface area contributed by atoms with Gasteiger partial charge in [-0.25, -0.2) is 9.78 Å². The first-order chi connectivity index (χ1) is 28.9. The van der Waals surface area contributed by atoms with Crippen molar-refractivity contribution in [2.24, 2.45) is 7.05 Å². The second kappa shape index (κ2) is 17.9. The number of aryl methyl sites for hydroxylation is 1. The van der Waals surface area contributed by atoms with Crippen LogP contribution in [0.5, 0.6) is 0 Å². The van der Waals surface area contributed by atoms with Crippen molar-refractivity contribution >= 4 is 39.8 Å². The Hall–Kier alpha value is -5.10. The maximum Gasteiger partial charge on any atom is 0.390 e. The third kappa shape index (κ3) is 9.43. The van der Waals surface area contributed by atoms with Gasteiger partial charge in [-0.3, -0.25) is 28.9 Å². The molecule has 14 nitrogen and oxygen atoms in total. The van der Waals surface area contributed by atoms with Crippen LogP contribution in [0.4, 0.5) is 19.1 Å². The van der Waals surface area contributed by atoms with Crippen LogP contribution in [0.15, 0.2) is 59.7 Å². The minimum Gasteiger partial charge on any atom is -0.393 e. The zero-order chi connectivity index (χ0) is 42.0. The van der Waals surface area contributed by atoms with E-state index in [2.05, 4.69) is 65.4 Å². The number of imide groups is 1. The van der Waals surface area contributed by atoms with Crippen LogP contribution in [0.25, 0.3) is 33.2 Å². The molecule has 3 aromatic heterocycles. The van der Waals surface area contributed by atoms with Crippen LogP contribution < -0.4 is 16.3 Å². The van der Waals surface area contributed by atoms with Gasteiger partial charge in [-0.05, 0) is 67.3 Å². The second-order valence-corrected chi connectivity index (χ2v) is 16.4. The molecule has 17 heteroatoms. The van der Waals surface area contributed by atoms with E-state index >= 15 is 0 Å². The molecule has 5 heterocycles. The van der Waals surface area contributed by atoms with E-state index in [1.54, 1.807) is 13.2 Å². The van der Waals surface area contributed by atoms with Crippen LogP contribution in [0.3, 0.4) is 0 Å². The molecule has 5 aromatic rings. The maximum atomic E-state index is 13.1. The number of carbonyl (C=O) groups is 2. The SMILES string of the molecule is Cn1c(=O)n([C@H]2CCC(=O)NC2=O)c2ccc(COCCCN3CCN(Cc4ccc(-c5cn([C@H]6CC[C@H](O)CC6)c6nc(NCCC(F)(F)F)ncc56)cc4)CC3)cc21. The van der Waals surface area contributed by atoms with E-state index in [1.807, 2.05) is 18.2 Å². The van der Waals surface area contributed by atoms with Gasteiger partial charge in [-0.2, -0.15) is 18.2 Å². The number of aliphatic hydroxyl groups is 1. The number of amides is 2. The lowest BCUT2D eigenvalue weighted by atomic mass is 9.93. The number of carbonyl (C=O) groups excluding carboxylic acids is 2. The molecule has 1 saturated carbocycles. The van der Waals surface area contributed by atoms with Gasteiger partial charge in [-0.1, -0.05) is 30.3 Å². The van der Waals surface area contributed by atoms with Crippen LogP contribution in [-0.4, -0.2) is 109 Å². The average molecular weight is 832 g/mol. The molecule has 0 spiro atoms. The van der Waals surface area contributed by atoms with Gasteiger partial charge in [-0.15, -0.1) is 0 Å². The van der Waals surface area contributed by atoms with E-state index in [0.29, 0.717) is 49.2 Å². The molecule has 3 N–H and O–H groups in total. The van der Waals surface area contributed by atoms with Crippen molar-refractivity contribution in [1.82, 2.24) is 38.8 Å². The molecule has 0 unspecified atom stereocenters. The van der Waals surface area contributed by atoms with Crippen molar-refractivity contribution in [2.75, 3.05) is 51.2 Å². The third-order valence-electron chi connectivity index (χ3n) is 12.2. The summed E-state index contributed by atoms with van der Waals surface area (Å²) in [6, 6.07) is 13.6. The number of nitrogens with one attached hydrogen (secondary N) is 2. The minimum atomic E-state index is -4.27. The monoisotopic (exact) mass is 831 g/mol. The summed E-state index contributed by atoms with van der Waals surface area (Å²) in [5.41, 5.74) is 5.89. The summed E-state index contributed by atoms with van der Waals surface area (Å²) >= 11 is 0. The van der Waals surface area contributed by atoms with Crippen LogP contribution in [0.2, 0.25) is 0 Å². The average Bonchev–Trinajstić information content (AvgIpc) is 3.72. The van der Waals surface area contributed by atoms with Gasteiger partial charge in [0.05, 0.1) is 30.2 Å². The van der Waals surface area contributed by atoms with Gasteiger partial charge in [0.25, 0.3) is 0 Å². The number of benzene rings is 2. The molecule has 1 aliphatic carbocycles. The normalized spacial score (nSPS) is 20.9. The molecule has 1 atom stereocenters.